The fourth-order valence-electron chi connectivity index (χ4n) is 3.11. The van der Waals surface area contributed by atoms with Gasteiger partial charge in [-0.25, -0.2) is 0 Å². The van der Waals surface area contributed by atoms with Gasteiger partial charge in [0, 0.05) is 19.1 Å². The zero-order chi connectivity index (χ0) is 11.9. The molecule has 0 saturated carbocycles. The van der Waals surface area contributed by atoms with Gasteiger partial charge in [-0.2, -0.15) is 0 Å². The van der Waals surface area contributed by atoms with Crippen molar-refractivity contribution in [3.05, 3.63) is 0 Å². The van der Waals surface area contributed by atoms with E-state index in [0.29, 0.717) is 0 Å². The molecule has 0 amide bonds. The van der Waals surface area contributed by atoms with E-state index >= 15 is 0 Å². The van der Waals surface area contributed by atoms with Gasteiger partial charge in [-0.05, 0) is 64.8 Å². The van der Waals surface area contributed by atoms with Crippen LogP contribution in [0, 0.1) is 0 Å². The zero-order valence-corrected chi connectivity index (χ0v) is 11.5. The van der Waals surface area contributed by atoms with Gasteiger partial charge in [0.15, 0.2) is 0 Å². The summed E-state index contributed by atoms with van der Waals surface area (Å²) in [6.07, 6.45) is 6.91. The second-order valence-corrected chi connectivity index (χ2v) is 5.56. The minimum absolute atomic E-state index is 0.772. The summed E-state index contributed by atoms with van der Waals surface area (Å²) >= 11 is 0. The Morgan fingerprint density at radius 1 is 0.941 bits per heavy atom. The fraction of sp³-hybridized carbons (Fsp3) is 1.00. The van der Waals surface area contributed by atoms with Crippen LogP contribution in [0.1, 0.15) is 39.0 Å². The summed E-state index contributed by atoms with van der Waals surface area (Å²) in [5.74, 6) is 0. The molecular weight excluding hydrogens is 210 g/mol. The normalized spacial score (nSPS) is 28.4. The van der Waals surface area contributed by atoms with Crippen LogP contribution in [0.4, 0.5) is 0 Å². The molecule has 1 N–H and O–H groups in total. The van der Waals surface area contributed by atoms with E-state index in [1.165, 1.54) is 77.9 Å². The molecule has 100 valence electrons. The van der Waals surface area contributed by atoms with Crippen molar-refractivity contribution in [3.8, 4) is 0 Å². The lowest BCUT2D eigenvalue weighted by Gasteiger charge is -2.20. The van der Waals surface area contributed by atoms with Gasteiger partial charge in [0.25, 0.3) is 0 Å². The maximum absolute atomic E-state index is 3.76. The van der Waals surface area contributed by atoms with Crippen molar-refractivity contribution in [2.75, 3.05) is 45.8 Å². The predicted octanol–water partition coefficient (Wildman–Crippen LogP) is 1.55. The maximum atomic E-state index is 3.76. The average molecular weight is 239 g/mol. The van der Waals surface area contributed by atoms with Gasteiger partial charge in [-0.1, -0.05) is 6.92 Å². The van der Waals surface area contributed by atoms with Crippen LogP contribution in [0.25, 0.3) is 0 Å². The van der Waals surface area contributed by atoms with E-state index in [9.17, 15) is 0 Å². The number of rotatable bonds is 5. The van der Waals surface area contributed by atoms with Crippen molar-refractivity contribution in [1.29, 1.82) is 0 Å². The van der Waals surface area contributed by atoms with Gasteiger partial charge < -0.3 is 15.1 Å². The van der Waals surface area contributed by atoms with E-state index in [0.717, 1.165) is 6.04 Å². The topological polar surface area (TPSA) is 18.5 Å². The lowest BCUT2D eigenvalue weighted by molar-refractivity contribution is 0.293. The molecule has 1 atom stereocenters. The van der Waals surface area contributed by atoms with Gasteiger partial charge in [0.2, 0.25) is 0 Å². The first-order valence-electron chi connectivity index (χ1n) is 7.56. The number of hydrogen-bond donors (Lipinski definition) is 1. The number of nitrogens with zero attached hydrogens (tertiary/aromatic N) is 2. The van der Waals surface area contributed by atoms with E-state index in [1.54, 1.807) is 0 Å². The summed E-state index contributed by atoms with van der Waals surface area (Å²) < 4.78 is 0. The molecule has 0 radical (unpaired) electrons. The SMILES string of the molecule is CCN1CCCC(NCCN2CCCC2)CC1. The highest BCUT2D eigenvalue weighted by Gasteiger charge is 2.16. The van der Waals surface area contributed by atoms with E-state index in [1.807, 2.05) is 0 Å². The molecule has 2 rings (SSSR count). The number of hydrogen-bond acceptors (Lipinski definition) is 3. The molecule has 2 saturated heterocycles. The second-order valence-electron chi connectivity index (χ2n) is 5.56. The minimum atomic E-state index is 0.772. The first-order valence-corrected chi connectivity index (χ1v) is 7.56. The maximum Gasteiger partial charge on any atom is 0.0107 e. The Hall–Kier alpha value is -0.120. The molecule has 17 heavy (non-hydrogen) atoms. The molecule has 2 aliphatic rings. The molecule has 0 bridgehead atoms. The Bertz CT molecular complexity index is 202. The molecule has 0 spiro atoms. The Morgan fingerprint density at radius 3 is 2.47 bits per heavy atom. The summed E-state index contributed by atoms with van der Waals surface area (Å²) in [5.41, 5.74) is 0. The van der Waals surface area contributed by atoms with E-state index in [2.05, 4.69) is 22.0 Å². The third kappa shape index (κ3) is 4.57. The highest BCUT2D eigenvalue weighted by Crippen LogP contribution is 2.11. The van der Waals surface area contributed by atoms with Crippen LogP contribution in [0.2, 0.25) is 0 Å². The first-order chi connectivity index (χ1) is 8.38. The Morgan fingerprint density at radius 2 is 1.71 bits per heavy atom. The molecule has 0 aromatic carbocycles. The van der Waals surface area contributed by atoms with Crippen molar-refractivity contribution >= 4 is 0 Å². The molecule has 0 aromatic heterocycles. The van der Waals surface area contributed by atoms with Crippen LogP contribution < -0.4 is 5.32 Å². The van der Waals surface area contributed by atoms with E-state index in [-0.39, 0.29) is 0 Å². The van der Waals surface area contributed by atoms with Crippen LogP contribution >= 0.6 is 0 Å². The highest BCUT2D eigenvalue weighted by molar-refractivity contribution is 4.75. The third-order valence-electron chi connectivity index (χ3n) is 4.33. The number of nitrogens with one attached hydrogen (secondary N) is 1. The van der Waals surface area contributed by atoms with Gasteiger partial charge in [0.1, 0.15) is 0 Å². The van der Waals surface area contributed by atoms with Crippen LogP contribution in [0.3, 0.4) is 0 Å². The molecule has 0 aromatic rings. The van der Waals surface area contributed by atoms with Gasteiger partial charge >= 0.3 is 0 Å². The van der Waals surface area contributed by atoms with Gasteiger partial charge in [-0.15, -0.1) is 0 Å². The fourth-order valence-corrected chi connectivity index (χ4v) is 3.11. The standard InChI is InChI=1S/C14H29N3/c1-2-16-11-5-6-14(7-12-16)15-8-13-17-9-3-4-10-17/h14-15H,2-13H2,1H3. The summed E-state index contributed by atoms with van der Waals surface area (Å²) in [7, 11) is 0. The summed E-state index contributed by atoms with van der Waals surface area (Å²) in [6, 6.07) is 0.772. The summed E-state index contributed by atoms with van der Waals surface area (Å²) in [5, 5.41) is 3.76. The Labute approximate surface area is 107 Å². The average Bonchev–Trinajstić information content (AvgIpc) is 2.75. The van der Waals surface area contributed by atoms with Crippen LogP contribution in [-0.2, 0) is 0 Å². The largest absolute Gasteiger partial charge is 0.313 e. The van der Waals surface area contributed by atoms with Crippen LogP contribution in [0.5, 0.6) is 0 Å². The molecule has 2 heterocycles. The molecule has 3 nitrogen and oxygen atoms in total. The van der Waals surface area contributed by atoms with Crippen LogP contribution in [-0.4, -0.2) is 61.7 Å². The molecule has 3 heteroatoms. The predicted molar refractivity (Wildman–Crippen MR) is 73.4 cm³/mol. The summed E-state index contributed by atoms with van der Waals surface area (Å²) in [4.78, 5) is 5.18. The molecule has 0 aliphatic carbocycles. The minimum Gasteiger partial charge on any atom is -0.313 e. The van der Waals surface area contributed by atoms with Crippen molar-refractivity contribution in [2.24, 2.45) is 0 Å². The Kier molecular flexibility index (Phi) is 5.75. The van der Waals surface area contributed by atoms with Crippen LogP contribution in [0.15, 0.2) is 0 Å². The molecule has 1 unspecified atom stereocenters. The smallest absolute Gasteiger partial charge is 0.0107 e. The number of likely N-dealkylation sites (tertiary alicyclic amines) is 2. The monoisotopic (exact) mass is 239 g/mol. The zero-order valence-electron chi connectivity index (χ0n) is 11.5. The first kappa shape index (κ1) is 13.3. The third-order valence-corrected chi connectivity index (χ3v) is 4.33. The highest BCUT2D eigenvalue weighted by atomic mass is 15.2. The van der Waals surface area contributed by atoms with Gasteiger partial charge in [-0.3, -0.25) is 0 Å². The molecule has 2 fully saturated rings. The van der Waals surface area contributed by atoms with E-state index in [4.69, 9.17) is 0 Å². The lowest BCUT2D eigenvalue weighted by Crippen LogP contribution is -2.36. The van der Waals surface area contributed by atoms with Crippen molar-refractivity contribution in [1.82, 2.24) is 15.1 Å². The summed E-state index contributed by atoms with van der Waals surface area (Å²) in [6.45, 7) is 11.2. The quantitative estimate of drug-likeness (QED) is 0.785. The van der Waals surface area contributed by atoms with Crippen molar-refractivity contribution < 1.29 is 0 Å². The lowest BCUT2D eigenvalue weighted by atomic mass is 10.1. The molecule has 2 aliphatic heterocycles. The molecular formula is C14H29N3. The van der Waals surface area contributed by atoms with Gasteiger partial charge in [0.05, 0.1) is 0 Å². The second kappa shape index (κ2) is 7.34. The van der Waals surface area contributed by atoms with E-state index < -0.39 is 0 Å². The van der Waals surface area contributed by atoms with Crippen molar-refractivity contribution in [3.63, 3.8) is 0 Å². The van der Waals surface area contributed by atoms with Crippen molar-refractivity contribution in [2.45, 2.75) is 45.1 Å². The Balaban J connectivity index is 1.58.